The lowest BCUT2D eigenvalue weighted by Gasteiger charge is -2.33. The lowest BCUT2D eigenvalue weighted by atomic mass is 9.77. The molecule has 0 aromatic carbocycles. The molecular weight excluding hydrogens is 254 g/mol. The molecule has 0 unspecified atom stereocenters. The predicted octanol–water partition coefficient (Wildman–Crippen LogP) is 3.06. The molecule has 20 heavy (non-hydrogen) atoms. The van der Waals surface area contributed by atoms with E-state index in [9.17, 15) is 14.7 Å². The summed E-state index contributed by atoms with van der Waals surface area (Å²) in [6.45, 7) is 0.800. The number of carboxylic acids is 1. The summed E-state index contributed by atoms with van der Waals surface area (Å²) in [5.41, 5.74) is -0.804. The molecule has 0 radical (unpaired) electrons. The monoisotopic (exact) mass is 281 g/mol. The second kappa shape index (κ2) is 6.59. The molecule has 0 spiro atoms. The molecule has 0 aromatic rings. The number of hydrogen-bond acceptors (Lipinski definition) is 2. The first-order valence-electron chi connectivity index (χ1n) is 8.01. The highest BCUT2D eigenvalue weighted by atomic mass is 16.4. The van der Waals surface area contributed by atoms with E-state index in [2.05, 4.69) is 0 Å². The van der Waals surface area contributed by atoms with Crippen molar-refractivity contribution in [2.75, 3.05) is 13.6 Å². The van der Waals surface area contributed by atoms with Crippen molar-refractivity contribution >= 4 is 11.9 Å². The predicted molar refractivity (Wildman–Crippen MR) is 77.4 cm³/mol. The first kappa shape index (κ1) is 15.3. The van der Waals surface area contributed by atoms with Crippen molar-refractivity contribution in [1.82, 2.24) is 4.90 Å². The van der Waals surface area contributed by atoms with Crippen LogP contribution in [-0.2, 0) is 9.59 Å². The zero-order chi connectivity index (χ0) is 14.6. The molecule has 114 valence electrons. The minimum atomic E-state index is -0.804. The van der Waals surface area contributed by atoms with Crippen molar-refractivity contribution in [3.63, 3.8) is 0 Å². The summed E-state index contributed by atoms with van der Waals surface area (Å²) in [6.07, 6.45) is 9.26. The topological polar surface area (TPSA) is 57.6 Å². The third-order valence-corrected chi connectivity index (χ3v) is 5.19. The van der Waals surface area contributed by atoms with Crippen LogP contribution in [0.4, 0.5) is 0 Å². The molecule has 2 aliphatic carbocycles. The number of rotatable bonds is 5. The maximum absolute atomic E-state index is 12.4. The average molecular weight is 281 g/mol. The van der Waals surface area contributed by atoms with Crippen molar-refractivity contribution < 1.29 is 14.7 Å². The van der Waals surface area contributed by atoms with Crippen LogP contribution in [0.25, 0.3) is 0 Å². The van der Waals surface area contributed by atoms with Gasteiger partial charge in [-0.15, -0.1) is 0 Å². The van der Waals surface area contributed by atoms with E-state index in [0.717, 1.165) is 32.2 Å². The highest BCUT2D eigenvalue weighted by Crippen LogP contribution is 2.39. The maximum atomic E-state index is 12.4. The van der Waals surface area contributed by atoms with Gasteiger partial charge in [0.25, 0.3) is 0 Å². The van der Waals surface area contributed by atoms with Crippen LogP contribution in [0.2, 0.25) is 0 Å². The van der Waals surface area contributed by atoms with Crippen LogP contribution in [0.15, 0.2) is 0 Å². The van der Waals surface area contributed by atoms with Gasteiger partial charge >= 0.3 is 5.97 Å². The molecule has 0 aliphatic heterocycles. The fraction of sp³-hybridized carbons (Fsp3) is 0.875. The Kier molecular flexibility index (Phi) is 5.06. The molecule has 2 rings (SSSR count). The minimum absolute atomic E-state index is 0.0150. The molecule has 0 heterocycles. The molecule has 1 amide bonds. The summed E-state index contributed by atoms with van der Waals surface area (Å²) >= 11 is 0. The van der Waals surface area contributed by atoms with E-state index in [4.69, 9.17) is 0 Å². The van der Waals surface area contributed by atoms with E-state index in [1.165, 1.54) is 19.3 Å². The first-order valence-corrected chi connectivity index (χ1v) is 8.01. The van der Waals surface area contributed by atoms with Gasteiger partial charge in [0.2, 0.25) is 5.91 Å². The summed E-state index contributed by atoms with van der Waals surface area (Å²) in [5.74, 6) is -0.121. The van der Waals surface area contributed by atoms with E-state index in [1.54, 1.807) is 4.90 Å². The van der Waals surface area contributed by atoms with Crippen molar-refractivity contribution in [2.45, 2.75) is 64.2 Å². The Bertz CT molecular complexity index is 355. The van der Waals surface area contributed by atoms with E-state index >= 15 is 0 Å². The molecule has 2 saturated carbocycles. The quantitative estimate of drug-likeness (QED) is 0.788. The number of carbonyl (C=O) groups is 2. The van der Waals surface area contributed by atoms with E-state index in [1.807, 2.05) is 7.05 Å². The summed E-state index contributed by atoms with van der Waals surface area (Å²) in [7, 11) is 1.83. The average Bonchev–Trinajstić information content (AvgIpc) is 2.60. The van der Waals surface area contributed by atoms with Crippen LogP contribution < -0.4 is 0 Å². The van der Waals surface area contributed by atoms with Crippen molar-refractivity contribution in [2.24, 2.45) is 11.3 Å². The summed E-state index contributed by atoms with van der Waals surface area (Å²) in [4.78, 5) is 25.8. The largest absolute Gasteiger partial charge is 0.481 e. The van der Waals surface area contributed by atoms with Crippen LogP contribution in [0.3, 0.4) is 0 Å². The van der Waals surface area contributed by atoms with Crippen molar-refractivity contribution in [3.05, 3.63) is 0 Å². The van der Waals surface area contributed by atoms with Gasteiger partial charge in [0.15, 0.2) is 0 Å². The lowest BCUT2D eigenvalue weighted by molar-refractivity contribution is -0.154. The van der Waals surface area contributed by atoms with Gasteiger partial charge in [-0.05, 0) is 31.6 Å². The molecule has 4 heteroatoms. The van der Waals surface area contributed by atoms with Gasteiger partial charge in [0, 0.05) is 20.0 Å². The van der Waals surface area contributed by atoms with Crippen LogP contribution in [0.5, 0.6) is 0 Å². The molecule has 4 nitrogen and oxygen atoms in total. The fourth-order valence-electron chi connectivity index (χ4n) is 3.46. The highest BCUT2D eigenvalue weighted by Gasteiger charge is 2.41. The van der Waals surface area contributed by atoms with Gasteiger partial charge in [0.05, 0.1) is 5.41 Å². The second-order valence-electron chi connectivity index (χ2n) is 6.75. The number of amides is 1. The Hall–Kier alpha value is -1.06. The van der Waals surface area contributed by atoms with E-state index < -0.39 is 11.4 Å². The number of carbonyl (C=O) groups excluding carboxylic acids is 1. The summed E-state index contributed by atoms with van der Waals surface area (Å²) in [5, 5.41) is 9.61. The number of aliphatic carboxylic acids is 1. The number of hydrogen-bond donors (Lipinski definition) is 1. The normalized spacial score (nSPS) is 22.6. The van der Waals surface area contributed by atoms with Gasteiger partial charge in [-0.1, -0.05) is 32.1 Å². The molecule has 0 atom stereocenters. The summed E-state index contributed by atoms with van der Waals surface area (Å²) < 4.78 is 0. The Labute approximate surface area is 121 Å². The van der Waals surface area contributed by atoms with Crippen LogP contribution in [0, 0.1) is 11.3 Å². The van der Waals surface area contributed by atoms with Crippen LogP contribution >= 0.6 is 0 Å². The first-order chi connectivity index (χ1) is 9.53. The standard InChI is InChI=1S/C16H27NO3/c1-17(12-13-7-6-8-13)14(18)11-16(15(19)20)9-4-2-3-5-10-16/h13H,2-12H2,1H3,(H,19,20). The zero-order valence-corrected chi connectivity index (χ0v) is 12.6. The second-order valence-corrected chi connectivity index (χ2v) is 6.75. The van der Waals surface area contributed by atoms with Gasteiger partial charge in [-0.2, -0.15) is 0 Å². The van der Waals surface area contributed by atoms with Gasteiger partial charge in [0.1, 0.15) is 0 Å². The molecular formula is C16H27NO3. The molecule has 2 fully saturated rings. The number of nitrogens with zero attached hydrogens (tertiary/aromatic N) is 1. The van der Waals surface area contributed by atoms with Crippen LogP contribution in [-0.4, -0.2) is 35.5 Å². The summed E-state index contributed by atoms with van der Waals surface area (Å²) in [6, 6.07) is 0. The zero-order valence-electron chi connectivity index (χ0n) is 12.6. The third-order valence-electron chi connectivity index (χ3n) is 5.19. The minimum Gasteiger partial charge on any atom is -0.481 e. The van der Waals surface area contributed by atoms with E-state index in [0.29, 0.717) is 18.8 Å². The van der Waals surface area contributed by atoms with E-state index in [-0.39, 0.29) is 12.3 Å². The van der Waals surface area contributed by atoms with Crippen molar-refractivity contribution in [1.29, 1.82) is 0 Å². The third kappa shape index (κ3) is 3.53. The SMILES string of the molecule is CN(CC1CCC1)C(=O)CC1(C(=O)O)CCCCCC1. The maximum Gasteiger partial charge on any atom is 0.310 e. The molecule has 2 aliphatic rings. The fourth-order valence-corrected chi connectivity index (χ4v) is 3.46. The van der Waals surface area contributed by atoms with Crippen molar-refractivity contribution in [3.8, 4) is 0 Å². The lowest BCUT2D eigenvalue weighted by Crippen LogP contribution is -2.40. The molecule has 0 saturated heterocycles. The molecule has 1 N–H and O–H groups in total. The highest BCUT2D eigenvalue weighted by molar-refractivity contribution is 5.85. The number of carboxylic acid groups (broad SMARTS) is 1. The van der Waals surface area contributed by atoms with Gasteiger partial charge in [-0.3, -0.25) is 9.59 Å². The Balaban J connectivity index is 1.95. The van der Waals surface area contributed by atoms with Gasteiger partial charge in [-0.25, -0.2) is 0 Å². The van der Waals surface area contributed by atoms with Crippen LogP contribution in [0.1, 0.15) is 64.2 Å². The smallest absolute Gasteiger partial charge is 0.310 e. The Morgan fingerprint density at radius 3 is 2.15 bits per heavy atom. The molecule has 0 aromatic heterocycles. The Morgan fingerprint density at radius 1 is 1.10 bits per heavy atom. The Morgan fingerprint density at radius 2 is 1.70 bits per heavy atom. The van der Waals surface area contributed by atoms with Gasteiger partial charge < -0.3 is 10.0 Å². The molecule has 0 bridgehead atoms.